The Labute approximate surface area is 69.5 Å². The van der Waals surface area contributed by atoms with Gasteiger partial charge in [0.15, 0.2) is 0 Å². The van der Waals surface area contributed by atoms with Crippen molar-refractivity contribution in [2.45, 2.75) is 39.8 Å². The van der Waals surface area contributed by atoms with Gasteiger partial charge in [-0.15, -0.1) is 0 Å². The molecule has 0 radical (unpaired) electrons. The Morgan fingerprint density at radius 2 is 1.91 bits per heavy atom. The summed E-state index contributed by atoms with van der Waals surface area (Å²) in [6, 6.07) is 1.25. The molecule has 1 atom stereocenters. The van der Waals surface area contributed by atoms with Gasteiger partial charge in [-0.05, 0) is 19.8 Å². The van der Waals surface area contributed by atoms with E-state index >= 15 is 0 Å². The van der Waals surface area contributed by atoms with Crippen LogP contribution in [0.2, 0.25) is 0 Å². The van der Waals surface area contributed by atoms with Crippen molar-refractivity contribution in [2.75, 3.05) is 13.3 Å². The topological polar surface area (TPSA) is 12.5 Å². The number of hydrogen-bond acceptors (Lipinski definition) is 2. The van der Waals surface area contributed by atoms with Crippen molar-refractivity contribution in [2.24, 2.45) is 5.92 Å². The van der Waals surface area contributed by atoms with Gasteiger partial charge in [0.25, 0.3) is 0 Å². The molecule has 0 aromatic carbocycles. The minimum absolute atomic E-state index is 0.616. The van der Waals surface area contributed by atoms with Crippen molar-refractivity contribution >= 4 is 0 Å². The Morgan fingerprint density at radius 1 is 1.27 bits per heavy atom. The molecule has 11 heavy (non-hydrogen) atoms. The summed E-state index contributed by atoms with van der Waals surface area (Å²) in [5, 5.41) is 0. The van der Waals surface area contributed by atoms with Gasteiger partial charge in [-0.3, -0.25) is 4.90 Å². The predicted octanol–water partition coefficient (Wildman–Crippen LogP) is 1.71. The van der Waals surface area contributed by atoms with Crippen molar-refractivity contribution in [3.05, 3.63) is 0 Å². The van der Waals surface area contributed by atoms with Gasteiger partial charge in [-0.2, -0.15) is 0 Å². The fourth-order valence-electron chi connectivity index (χ4n) is 1.58. The van der Waals surface area contributed by atoms with Crippen LogP contribution in [0.15, 0.2) is 0 Å². The quantitative estimate of drug-likeness (QED) is 0.605. The van der Waals surface area contributed by atoms with Crippen LogP contribution in [0, 0.1) is 5.92 Å². The van der Waals surface area contributed by atoms with E-state index in [1.807, 2.05) is 0 Å². The largest absolute Gasteiger partial charge is 0.364 e. The molecule has 1 fully saturated rings. The highest BCUT2D eigenvalue weighted by atomic mass is 16.5. The first-order chi connectivity index (χ1) is 5.13. The molecule has 2 nitrogen and oxygen atoms in total. The summed E-state index contributed by atoms with van der Waals surface area (Å²) in [6.45, 7) is 10.7. The minimum atomic E-state index is 0.616. The maximum atomic E-state index is 5.42. The normalized spacial score (nSPS) is 27.3. The van der Waals surface area contributed by atoms with Crippen LogP contribution in [-0.2, 0) is 4.74 Å². The van der Waals surface area contributed by atoms with E-state index in [0.29, 0.717) is 18.0 Å². The molecule has 0 amide bonds. The summed E-state index contributed by atoms with van der Waals surface area (Å²) in [5.74, 6) is 0.708. The van der Waals surface area contributed by atoms with E-state index in [0.717, 1.165) is 13.3 Å². The molecule has 1 rings (SSSR count). The number of ether oxygens (including phenoxy) is 1. The maximum Gasteiger partial charge on any atom is 0.0996 e. The van der Waals surface area contributed by atoms with Crippen molar-refractivity contribution in [3.63, 3.8) is 0 Å². The van der Waals surface area contributed by atoms with Gasteiger partial charge >= 0.3 is 0 Å². The van der Waals surface area contributed by atoms with Crippen LogP contribution >= 0.6 is 0 Å². The lowest BCUT2D eigenvalue weighted by Crippen LogP contribution is -2.39. The van der Waals surface area contributed by atoms with E-state index in [4.69, 9.17) is 4.74 Å². The molecular formula is C9H19NO. The fourth-order valence-corrected chi connectivity index (χ4v) is 1.58. The van der Waals surface area contributed by atoms with Crippen molar-refractivity contribution in [1.82, 2.24) is 4.90 Å². The number of hydrogen-bond donors (Lipinski definition) is 0. The van der Waals surface area contributed by atoms with E-state index in [2.05, 4.69) is 32.6 Å². The summed E-state index contributed by atoms with van der Waals surface area (Å²) >= 11 is 0. The highest BCUT2D eigenvalue weighted by molar-refractivity contribution is 4.79. The van der Waals surface area contributed by atoms with Gasteiger partial charge < -0.3 is 4.74 Å². The second kappa shape index (κ2) is 3.55. The third-order valence-corrected chi connectivity index (χ3v) is 2.39. The molecule has 0 aromatic rings. The molecule has 0 aromatic heterocycles. The first kappa shape index (κ1) is 9.01. The lowest BCUT2D eigenvalue weighted by molar-refractivity contribution is 0.112. The molecule has 0 spiro atoms. The average Bonchev–Trinajstić information content (AvgIpc) is 2.32. The monoisotopic (exact) mass is 157 g/mol. The van der Waals surface area contributed by atoms with E-state index in [1.54, 1.807) is 0 Å². The van der Waals surface area contributed by atoms with Gasteiger partial charge in [0.05, 0.1) is 13.3 Å². The van der Waals surface area contributed by atoms with Crippen LogP contribution in [0.5, 0.6) is 0 Å². The molecule has 0 aliphatic carbocycles. The average molecular weight is 157 g/mol. The van der Waals surface area contributed by atoms with E-state index < -0.39 is 0 Å². The molecule has 0 bridgehead atoms. The molecule has 0 N–H and O–H groups in total. The first-order valence-corrected chi connectivity index (χ1v) is 4.46. The van der Waals surface area contributed by atoms with Gasteiger partial charge in [0, 0.05) is 12.1 Å². The Hall–Kier alpha value is -0.0800. The van der Waals surface area contributed by atoms with Crippen molar-refractivity contribution < 1.29 is 4.74 Å². The lowest BCUT2D eigenvalue weighted by Gasteiger charge is -2.28. The molecule has 1 heterocycles. The molecule has 2 heteroatoms. The van der Waals surface area contributed by atoms with Crippen LogP contribution in [-0.4, -0.2) is 30.3 Å². The Bertz CT molecular complexity index is 109. The molecule has 1 aliphatic heterocycles. The van der Waals surface area contributed by atoms with E-state index in [-0.39, 0.29) is 0 Å². The zero-order valence-corrected chi connectivity index (χ0v) is 8.00. The van der Waals surface area contributed by atoms with Gasteiger partial charge in [-0.1, -0.05) is 13.8 Å². The SMILES string of the molecule is CC(C)C1COCN1C(C)C. The summed E-state index contributed by atoms with van der Waals surface area (Å²) in [5.41, 5.74) is 0. The second-order valence-electron chi connectivity index (χ2n) is 3.92. The number of nitrogens with zero attached hydrogens (tertiary/aromatic N) is 1. The van der Waals surface area contributed by atoms with Crippen LogP contribution < -0.4 is 0 Å². The van der Waals surface area contributed by atoms with Gasteiger partial charge in [0.2, 0.25) is 0 Å². The summed E-state index contributed by atoms with van der Waals surface area (Å²) in [6.07, 6.45) is 0. The summed E-state index contributed by atoms with van der Waals surface area (Å²) in [7, 11) is 0. The standard InChI is InChI=1S/C9H19NO/c1-7(2)9-5-11-6-10(9)8(3)4/h7-9H,5-6H2,1-4H3. The molecular weight excluding hydrogens is 138 g/mol. The predicted molar refractivity (Wildman–Crippen MR) is 46.4 cm³/mol. The molecule has 1 unspecified atom stereocenters. The van der Waals surface area contributed by atoms with Gasteiger partial charge in [-0.25, -0.2) is 0 Å². The van der Waals surface area contributed by atoms with Crippen molar-refractivity contribution in [1.29, 1.82) is 0 Å². The summed E-state index contributed by atoms with van der Waals surface area (Å²) in [4.78, 5) is 2.42. The Balaban J connectivity index is 2.51. The van der Waals surface area contributed by atoms with Crippen LogP contribution in [0.1, 0.15) is 27.7 Å². The third-order valence-electron chi connectivity index (χ3n) is 2.39. The smallest absolute Gasteiger partial charge is 0.0996 e. The molecule has 1 aliphatic rings. The van der Waals surface area contributed by atoms with Crippen molar-refractivity contribution in [3.8, 4) is 0 Å². The first-order valence-electron chi connectivity index (χ1n) is 4.46. The van der Waals surface area contributed by atoms with Gasteiger partial charge in [0.1, 0.15) is 0 Å². The van der Waals surface area contributed by atoms with Crippen LogP contribution in [0.25, 0.3) is 0 Å². The highest BCUT2D eigenvalue weighted by Crippen LogP contribution is 2.19. The molecule has 1 saturated heterocycles. The second-order valence-corrected chi connectivity index (χ2v) is 3.92. The van der Waals surface area contributed by atoms with E-state index in [9.17, 15) is 0 Å². The Kier molecular flexibility index (Phi) is 2.90. The number of rotatable bonds is 2. The van der Waals surface area contributed by atoms with Crippen LogP contribution in [0.4, 0.5) is 0 Å². The molecule has 66 valence electrons. The maximum absolute atomic E-state index is 5.42. The highest BCUT2D eigenvalue weighted by Gasteiger charge is 2.29. The Morgan fingerprint density at radius 3 is 2.27 bits per heavy atom. The molecule has 0 saturated carbocycles. The zero-order chi connectivity index (χ0) is 8.43. The summed E-state index contributed by atoms with van der Waals surface area (Å²) < 4.78 is 5.42. The minimum Gasteiger partial charge on any atom is -0.364 e. The lowest BCUT2D eigenvalue weighted by atomic mass is 10.0. The van der Waals surface area contributed by atoms with E-state index in [1.165, 1.54) is 0 Å². The third kappa shape index (κ3) is 1.94. The fraction of sp³-hybridized carbons (Fsp3) is 1.00. The van der Waals surface area contributed by atoms with Crippen LogP contribution in [0.3, 0.4) is 0 Å². The zero-order valence-electron chi connectivity index (χ0n) is 8.00.